The van der Waals surface area contributed by atoms with E-state index in [1.165, 1.54) is 0 Å². The summed E-state index contributed by atoms with van der Waals surface area (Å²) in [6, 6.07) is 0. The number of hydrogen-bond donors (Lipinski definition) is 1. The first-order valence-electron chi connectivity index (χ1n) is 4.28. The van der Waals surface area contributed by atoms with E-state index in [1.807, 2.05) is 13.8 Å². The molecular formula is C8H13N3OS. The molecule has 0 aromatic carbocycles. The van der Waals surface area contributed by atoms with Gasteiger partial charge in [-0.15, -0.1) is 21.5 Å². The number of aryl methyl sites for hydroxylation is 1. The molecule has 0 unspecified atom stereocenters. The molecule has 1 heterocycles. The maximum absolute atomic E-state index is 10.9. The van der Waals surface area contributed by atoms with Crippen molar-refractivity contribution in [2.24, 2.45) is 0 Å². The van der Waals surface area contributed by atoms with Gasteiger partial charge in [0.25, 0.3) is 0 Å². The smallest absolute Gasteiger partial charge is 0.219 e. The fourth-order valence-electron chi connectivity index (χ4n) is 0.872. The Labute approximate surface area is 81.4 Å². The molecule has 0 bridgehead atoms. The van der Waals surface area contributed by atoms with Crippen molar-refractivity contribution in [3.8, 4) is 0 Å². The zero-order valence-electron chi connectivity index (χ0n) is 7.83. The quantitative estimate of drug-likeness (QED) is 0.784. The van der Waals surface area contributed by atoms with E-state index in [-0.39, 0.29) is 5.91 Å². The van der Waals surface area contributed by atoms with E-state index in [0.717, 1.165) is 16.4 Å². The van der Waals surface area contributed by atoms with Crippen molar-refractivity contribution in [1.82, 2.24) is 15.5 Å². The second-order valence-corrected chi connectivity index (χ2v) is 3.93. The first-order valence-corrected chi connectivity index (χ1v) is 5.09. The molecule has 0 atom stereocenters. The van der Waals surface area contributed by atoms with Crippen LogP contribution in [0.1, 0.15) is 23.4 Å². The highest BCUT2D eigenvalue weighted by atomic mass is 32.1. The Bertz CT molecular complexity index is 285. The van der Waals surface area contributed by atoms with Crippen LogP contribution >= 0.6 is 11.3 Å². The lowest BCUT2D eigenvalue weighted by atomic mass is 10.4. The van der Waals surface area contributed by atoms with Gasteiger partial charge in [-0.05, 0) is 6.92 Å². The van der Waals surface area contributed by atoms with Crippen LogP contribution in [0.4, 0.5) is 0 Å². The first-order chi connectivity index (χ1) is 6.22. The number of nitrogens with one attached hydrogen (secondary N) is 1. The standard InChI is InChI=1S/C8H13N3OS/c1-3-7(12)9-5-4-8-11-10-6(2)13-8/h3-5H2,1-2H3,(H,9,12). The molecule has 0 fully saturated rings. The van der Waals surface area contributed by atoms with Crippen LogP contribution in [-0.2, 0) is 11.2 Å². The van der Waals surface area contributed by atoms with E-state index in [1.54, 1.807) is 11.3 Å². The minimum absolute atomic E-state index is 0.0845. The van der Waals surface area contributed by atoms with Gasteiger partial charge in [0, 0.05) is 19.4 Å². The SMILES string of the molecule is CCC(=O)NCCc1nnc(C)s1. The summed E-state index contributed by atoms with van der Waals surface area (Å²) >= 11 is 1.57. The van der Waals surface area contributed by atoms with Crippen molar-refractivity contribution >= 4 is 17.2 Å². The van der Waals surface area contributed by atoms with Crippen LogP contribution in [0, 0.1) is 6.92 Å². The van der Waals surface area contributed by atoms with Gasteiger partial charge in [0.05, 0.1) is 0 Å². The normalized spacial score (nSPS) is 10.0. The van der Waals surface area contributed by atoms with Crippen LogP contribution in [0.2, 0.25) is 0 Å². The molecule has 72 valence electrons. The lowest BCUT2D eigenvalue weighted by Crippen LogP contribution is -2.24. The van der Waals surface area contributed by atoms with Crippen molar-refractivity contribution in [1.29, 1.82) is 0 Å². The van der Waals surface area contributed by atoms with Crippen LogP contribution in [0.3, 0.4) is 0 Å². The lowest BCUT2D eigenvalue weighted by molar-refractivity contribution is -0.120. The van der Waals surface area contributed by atoms with Crippen molar-refractivity contribution < 1.29 is 4.79 Å². The topological polar surface area (TPSA) is 54.9 Å². The molecule has 0 aliphatic heterocycles. The summed E-state index contributed by atoms with van der Waals surface area (Å²) in [5, 5.41) is 12.6. The van der Waals surface area contributed by atoms with Gasteiger partial charge >= 0.3 is 0 Å². The van der Waals surface area contributed by atoms with Gasteiger partial charge in [-0.3, -0.25) is 4.79 Å². The maximum Gasteiger partial charge on any atom is 0.219 e. The van der Waals surface area contributed by atoms with Crippen LogP contribution in [0.15, 0.2) is 0 Å². The molecule has 1 amide bonds. The Morgan fingerprint density at radius 2 is 2.31 bits per heavy atom. The van der Waals surface area contributed by atoms with Gasteiger partial charge in [-0.2, -0.15) is 0 Å². The van der Waals surface area contributed by atoms with Crippen LogP contribution in [-0.4, -0.2) is 22.6 Å². The van der Waals surface area contributed by atoms with Crippen molar-refractivity contribution in [2.75, 3.05) is 6.54 Å². The van der Waals surface area contributed by atoms with Gasteiger partial charge in [-0.25, -0.2) is 0 Å². The molecule has 0 spiro atoms. The Kier molecular flexibility index (Phi) is 3.82. The minimum Gasteiger partial charge on any atom is -0.356 e. The highest BCUT2D eigenvalue weighted by Gasteiger charge is 2.00. The monoisotopic (exact) mass is 199 g/mol. The number of carbonyl (C=O) groups excluding carboxylic acids is 1. The van der Waals surface area contributed by atoms with Crippen molar-refractivity contribution in [2.45, 2.75) is 26.7 Å². The van der Waals surface area contributed by atoms with Crippen LogP contribution in [0.25, 0.3) is 0 Å². The maximum atomic E-state index is 10.9. The van der Waals surface area contributed by atoms with Crippen LogP contribution < -0.4 is 5.32 Å². The van der Waals surface area contributed by atoms with Crippen molar-refractivity contribution in [3.63, 3.8) is 0 Å². The lowest BCUT2D eigenvalue weighted by Gasteiger charge is -1.99. The third kappa shape index (κ3) is 3.50. The molecule has 1 rings (SSSR count). The van der Waals surface area contributed by atoms with Crippen LogP contribution in [0.5, 0.6) is 0 Å². The number of nitrogens with zero attached hydrogens (tertiary/aromatic N) is 2. The third-order valence-electron chi connectivity index (χ3n) is 1.55. The molecule has 1 aromatic heterocycles. The fourth-order valence-corrected chi connectivity index (χ4v) is 1.58. The fraction of sp³-hybridized carbons (Fsp3) is 0.625. The molecule has 13 heavy (non-hydrogen) atoms. The minimum atomic E-state index is 0.0845. The second kappa shape index (κ2) is 4.91. The van der Waals surface area contributed by atoms with Gasteiger partial charge in [0.1, 0.15) is 10.0 Å². The zero-order valence-corrected chi connectivity index (χ0v) is 8.65. The second-order valence-electron chi connectivity index (χ2n) is 2.67. The molecule has 0 saturated heterocycles. The van der Waals surface area contributed by atoms with E-state index in [9.17, 15) is 4.79 Å². The Morgan fingerprint density at radius 3 is 2.85 bits per heavy atom. The van der Waals surface area contributed by atoms with Crippen molar-refractivity contribution in [3.05, 3.63) is 10.0 Å². The first kappa shape index (κ1) is 10.1. The average Bonchev–Trinajstić information content (AvgIpc) is 2.51. The molecule has 1 aromatic rings. The van der Waals surface area contributed by atoms with E-state index in [2.05, 4.69) is 15.5 Å². The van der Waals surface area contributed by atoms with Gasteiger partial charge in [-0.1, -0.05) is 6.92 Å². The highest BCUT2D eigenvalue weighted by molar-refractivity contribution is 7.11. The molecular weight excluding hydrogens is 186 g/mol. The Balaban J connectivity index is 2.24. The molecule has 5 heteroatoms. The van der Waals surface area contributed by atoms with E-state index >= 15 is 0 Å². The number of amides is 1. The Hall–Kier alpha value is -0.970. The summed E-state index contributed by atoms with van der Waals surface area (Å²) in [5.74, 6) is 0.0845. The van der Waals surface area contributed by atoms with Gasteiger partial charge in [0.15, 0.2) is 0 Å². The summed E-state index contributed by atoms with van der Waals surface area (Å²) in [7, 11) is 0. The largest absolute Gasteiger partial charge is 0.356 e. The summed E-state index contributed by atoms with van der Waals surface area (Å²) < 4.78 is 0. The third-order valence-corrected chi connectivity index (χ3v) is 2.45. The van der Waals surface area contributed by atoms with Gasteiger partial charge < -0.3 is 5.32 Å². The molecule has 0 radical (unpaired) electrons. The molecule has 4 nitrogen and oxygen atoms in total. The summed E-state index contributed by atoms with van der Waals surface area (Å²) in [6.45, 7) is 4.41. The Morgan fingerprint density at radius 1 is 1.54 bits per heavy atom. The van der Waals surface area contributed by atoms with Gasteiger partial charge in [0.2, 0.25) is 5.91 Å². The summed E-state index contributed by atoms with van der Waals surface area (Å²) in [5.41, 5.74) is 0. The number of rotatable bonds is 4. The van der Waals surface area contributed by atoms with E-state index in [4.69, 9.17) is 0 Å². The number of carbonyl (C=O) groups is 1. The number of aromatic nitrogens is 2. The molecule has 0 aliphatic carbocycles. The number of hydrogen-bond acceptors (Lipinski definition) is 4. The highest BCUT2D eigenvalue weighted by Crippen LogP contribution is 2.07. The summed E-state index contributed by atoms with van der Waals surface area (Å²) in [6.07, 6.45) is 1.31. The summed E-state index contributed by atoms with van der Waals surface area (Å²) in [4.78, 5) is 10.9. The molecule has 0 aliphatic rings. The molecule has 0 saturated carbocycles. The van der Waals surface area contributed by atoms with E-state index in [0.29, 0.717) is 13.0 Å². The predicted octanol–water partition coefficient (Wildman–Crippen LogP) is 0.915. The average molecular weight is 199 g/mol. The zero-order chi connectivity index (χ0) is 9.68. The van der Waals surface area contributed by atoms with E-state index < -0.39 is 0 Å². The molecule has 1 N–H and O–H groups in total. The predicted molar refractivity (Wildman–Crippen MR) is 51.7 cm³/mol.